The molecule has 0 bridgehead atoms. The van der Waals surface area contributed by atoms with E-state index in [0.29, 0.717) is 17.7 Å². The van der Waals surface area contributed by atoms with Gasteiger partial charge >= 0.3 is 0 Å². The van der Waals surface area contributed by atoms with Crippen LogP contribution in [0.3, 0.4) is 0 Å². The number of nitrogens with two attached hydrogens (primary N) is 2. The van der Waals surface area contributed by atoms with Crippen molar-refractivity contribution < 1.29 is 29.4 Å². The van der Waals surface area contributed by atoms with Gasteiger partial charge in [-0.05, 0) is 44.5 Å². The maximum absolute atomic E-state index is 13.7. The van der Waals surface area contributed by atoms with Gasteiger partial charge in [0.2, 0.25) is 5.91 Å². The Kier molecular flexibility index (Phi) is 5.29. The van der Waals surface area contributed by atoms with Gasteiger partial charge in [-0.15, -0.1) is 0 Å². The Labute approximate surface area is 191 Å². The highest BCUT2D eigenvalue weighted by Crippen LogP contribution is 2.53. The molecule has 0 saturated heterocycles. The second kappa shape index (κ2) is 7.53. The Morgan fingerprint density at radius 2 is 1.82 bits per heavy atom. The summed E-state index contributed by atoms with van der Waals surface area (Å²) in [5, 5.41) is 22.2. The molecular weight excluding hydrogens is 428 g/mol. The van der Waals surface area contributed by atoms with Crippen LogP contribution in [0.25, 0.3) is 0 Å². The van der Waals surface area contributed by atoms with Crippen LogP contribution in [0.1, 0.15) is 28.8 Å². The number of phenols is 1. The molecule has 4 rings (SSSR count). The van der Waals surface area contributed by atoms with Gasteiger partial charge in [-0.25, -0.2) is 0 Å². The van der Waals surface area contributed by atoms with E-state index in [0.717, 1.165) is 0 Å². The van der Waals surface area contributed by atoms with Crippen LogP contribution in [-0.2, 0) is 20.8 Å². The summed E-state index contributed by atoms with van der Waals surface area (Å²) >= 11 is 0. The summed E-state index contributed by atoms with van der Waals surface area (Å²) in [6.45, 7) is 0. The van der Waals surface area contributed by atoms with Gasteiger partial charge in [0.1, 0.15) is 17.3 Å². The topological polar surface area (TPSA) is 167 Å². The Morgan fingerprint density at radius 3 is 2.36 bits per heavy atom. The number of phenolic OH excluding ortho intramolecular Hbond substituents is 1. The molecule has 0 aromatic heterocycles. The van der Waals surface area contributed by atoms with E-state index in [-0.39, 0.29) is 23.4 Å². The second-order valence-corrected chi connectivity index (χ2v) is 9.99. The highest BCUT2D eigenvalue weighted by atomic mass is 16.3. The van der Waals surface area contributed by atoms with E-state index in [4.69, 9.17) is 11.5 Å². The standard InChI is InChI=1S/C23H30N4O6/c1-26(2)14-7-13(24)19(29)16-10(14)5-9-6-12-17(27(3)4)18(28)11(22(25)32)8-23(12,33)21(31)15(9)20(16)30/h7,9,11-12,15,17,29,33H,5-6,8,24H2,1-4H3,(H2,25,32). The highest BCUT2D eigenvalue weighted by molar-refractivity contribution is 6.18. The number of ketones is 3. The van der Waals surface area contributed by atoms with Crippen molar-refractivity contribution >= 4 is 34.6 Å². The zero-order chi connectivity index (χ0) is 24.6. The van der Waals surface area contributed by atoms with Crippen LogP contribution in [0.4, 0.5) is 11.4 Å². The number of hydrogen-bond donors (Lipinski definition) is 4. The van der Waals surface area contributed by atoms with Crippen molar-refractivity contribution in [2.45, 2.75) is 30.9 Å². The van der Waals surface area contributed by atoms with Gasteiger partial charge < -0.3 is 26.6 Å². The number of amides is 1. The Hall–Kier alpha value is -2.98. The van der Waals surface area contributed by atoms with Crippen molar-refractivity contribution in [2.75, 3.05) is 38.8 Å². The predicted octanol–water partition coefficient (Wildman–Crippen LogP) is -0.664. The molecule has 1 aromatic rings. The van der Waals surface area contributed by atoms with E-state index in [1.165, 1.54) is 0 Å². The number of hydrogen-bond acceptors (Lipinski definition) is 9. The molecule has 1 amide bonds. The normalized spacial score (nSPS) is 33.4. The first-order valence-corrected chi connectivity index (χ1v) is 10.9. The predicted molar refractivity (Wildman–Crippen MR) is 120 cm³/mol. The number of carbonyl (C=O) groups excluding carboxylic acids is 4. The second-order valence-electron chi connectivity index (χ2n) is 9.99. The largest absolute Gasteiger partial charge is 0.505 e. The van der Waals surface area contributed by atoms with E-state index in [1.54, 1.807) is 44.1 Å². The number of nitrogen functional groups attached to an aromatic ring is 1. The van der Waals surface area contributed by atoms with Crippen LogP contribution in [0.15, 0.2) is 6.07 Å². The lowest BCUT2D eigenvalue weighted by molar-refractivity contribution is -0.176. The van der Waals surface area contributed by atoms with Crippen LogP contribution >= 0.6 is 0 Å². The third-order valence-electron chi connectivity index (χ3n) is 7.67. The van der Waals surface area contributed by atoms with Crippen LogP contribution in [0.5, 0.6) is 5.75 Å². The number of anilines is 2. The number of benzene rings is 1. The van der Waals surface area contributed by atoms with Crippen LogP contribution < -0.4 is 16.4 Å². The summed E-state index contributed by atoms with van der Waals surface area (Å²) in [5.74, 6) is -6.81. The van der Waals surface area contributed by atoms with Crippen molar-refractivity contribution in [2.24, 2.45) is 29.4 Å². The van der Waals surface area contributed by atoms with Crippen molar-refractivity contribution in [1.29, 1.82) is 0 Å². The zero-order valence-electron chi connectivity index (χ0n) is 19.2. The van der Waals surface area contributed by atoms with Crippen molar-refractivity contribution in [3.8, 4) is 5.75 Å². The molecular formula is C23H30N4O6. The Morgan fingerprint density at radius 1 is 1.18 bits per heavy atom. The highest BCUT2D eigenvalue weighted by Gasteiger charge is 2.64. The number of Topliss-reactive ketones (excluding diaryl/α,β-unsaturated/α-hetero) is 3. The maximum Gasteiger partial charge on any atom is 0.228 e. The number of aliphatic hydroxyl groups is 1. The molecule has 6 unspecified atom stereocenters. The molecule has 3 aliphatic carbocycles. The number of aromatic hydroxyl groups is 1. The number of rotatable bonds is 3. The molecule has 10 heteroatoms. The lowest BCUT2D eigenvalue weighted by atomic mass is 9.52. The zero-order valence-corrected chi connectivity index (χ0v) is 19.2. The molecule has 0 radical (unpaired) electrons. The summed E-state index contributed by atoms with van der Waals surface area (Å²) in [4.78, 5) is 55.8. The quantitative estimate of drug-likeness (QED) is 0.261. The number of primary amides is 1. The smallest absolute Gasteiger partial charge is 0.228 e. The molecule has 0 aliphatic heterocycles. The van der Waals surface area contributed by atoms with E-state index < -0.39 is 65.0 Å². The van der Waals surface area contributed by atoms with Crippen LogP contribution in [-0.4, -0.2) is 78.2 Å². The third-order valence-corrected chi connectivity index (χ3v) is 7.67. The first kappa shape index (κ1) is 23.2. The molecule has 0 heterocycles. The summed E-state index contributed by atoms with van der Waals surface area (Å²) < 4.78 is 0. The minimum Gasteiger partial charge on any atom is -0.505 e. The molecule has 3 aliphatic rings. The van der Waals surface area contributed by atoms with Gasteiger partial charge in [-0.2, -0.15) is 0 Å². The van der Waals surface area contributed by atoms with Gasteiger partial charge in [0, 0.05) is 32.1 Å². The van der Waals surface area contributed by atoms with Crippen molar-refractivity contribution in [3.63, 3.8) is 0 Å². The minimum atomic E-state index is -2.06. The number of likely N-dealkylation sites (N-methyl/N-ethyl adjacent to an activating group) is 1. The molecule has 178 valence electrons. The molecule has 2 saturated carbocycles. The fraction of sp³-hybridized carbons (Fsp3) is 0.565. The van der Waals surface area contributed by atoms with E-state index in [9.17, 15) is 29.4 Å². The van der Waals surface area contributed by atoms with Gasteiger partial charge in [0.15, 0.2) is 17.3 Å². The number of nitrogens with zero attached hydrogens (tertiary/aromatic N) is 2. The maximum atomic E-state index is 13.7. The molecule has 1 aromatic carbocycles. The van der Waals surface area contributed by atoms with Crippen molar-refractivity contribution in [3.05, 3.63) is 17.2 Å². The van der Waals surface area contributed by atoms with E-state index in [1.807, 2.05) is 0 Å². The monoisotopic (exact) mass is 458 g/mol. The fourth-order valence-corrected chi connectivity index (χ4v) is 6.18. The molecule has 6 atom stereocenters. The van der Waals surface area contributed by atoms with Gasteiger partial charge in [-0.3, -0.25) is 24.1 Å². The van der Waals surface area contributed by atoms with Crippen LogP contribution in [0, 0.1) is 23.7 Å². The summed E-state index contributed by atoms with van der Waals surface area (Å²) in [6.07, 6.45) is 0.0966. The number of carbonyl (C=O) groups is 4. The molecule has 10 nitrogen and oxygen atoms in total. The van der Waals surface area contributed by atoms with Gasteiger partial charge in [0.05, 0.1) is 23.2 Å². The lowest BCUT2D eigenvalue weighted by Gasteiger charge is -2.53. The molecule has 2 fully saturated rings. The Balaban J connectivity index is 1.86. The Bertz CT molecular complexity index is 1080. The average molecular weight is 459 g/mol. The van der Waals surface area contributed by atoms with Gasteiger partial charge in [-0.1, -0.05) is 0 Å². The summed E-state index contributed by atoms with van der Waals surface area (Å²) in [6, 6.07) is 0.697. The third kappa shape index (κ3) is 3.15. The van der Waals surface area contributed by atoms with Crippen LogP contribution in [0.2, 0.25) is 0 Å². The SMILES string of the molecule is CN(C)c1cc(N)c(O)c2c1CC1CC3C(N(C)C)C(=O)C(C(N)=O)CC3(O)C(=O)C1C2=O. The average Bonchev–Trinajstić information content (AvgIpc) is 2.71. The fourth-order valence-electron chi connectivity index (χ4n) is 6.18. The minimum absolute atomic E-state index is 0.00199. The van der Waals surface area contributed by atoms with Gasteiger partial charge in [0.25, 0.3) is 0 Å². The first-order valence-electron chi connectivity index (χ1n) is 10.9. The van der Waals surface area contributed by atoms with Crippen molar-refractivity contribution in [1.82, 2.24) is 4.90 Å². The van der Waals surface area contributed by atoms with E-state index >= 15 is 0 Å². The first-order chi connectivity index (χ1) is 15.3. The summed E-state index contributed by atoms with van der Waals surface area (Å²) in [7, 11) is 6.88. The molecule has 33 heavy (non-hydrogen) atoms. The number of fused-ring (bicyclic) bond motifs is 3. The van der Waals surface area contributed by atoms with E-state index in [2.05, 4.69) is 0 Å². The molecule has 6 N–H and O–H groups in total. The summed E-state index contributed by atoms with van der Waals surface area (Å²) in [5.41, 5.74) is 10.6. The molecule has 0 spiro atoms. The lowest BCUT2D eigenvalue weighted by Crippen LogP contribution is -2.69.